The van der Waals surface area contributed by atoms with Gasteiger partial charge >= 0.3 is 0 Å². The number of ether oxygens (including phenoxy) is 3. The highest BCUT2D eigenvalue weighted by Crippen LogP contribution is 2.29. The maximum Gasteiger partial charge on any atom is 0.242 e. The Morgan fingerprint density at radius 3 is 2.03 bits per heavy atom. The van der Waals surface area contributed by atoms with Gasteiger partial charge in [0.15, 0.2) is 21.3 Å². The van der Waals surface area contributed by atoms with Crippen LogP contribution < -0.4 is 24.8 Å². The van der Waals surface area contributed by atoms with Crippen molar-refractivity contribution in [2.45, 2.75) is 12.2 Å². The Balaban J connectivity index is 2.02. The number of hydrogen-bond donors (Lipinski definition) is 2. The van der Waals surface area contributed by atoms with E-state index < -0.39 is 32.7 Å². The van der Waals surface area contributed by atoms with Crippen molar-refractivity contribution in [2.75, 3.05) is 37.7 Å². The van der Waals surface area contributed by atoms with Crippen LogP contribution in [0.1, 0.15) is 6.92 Å². The van der Waals surface area contributed by atoms with Crippen molar-refractivity contribution < 1.29 is 32.2 Å². The zero-order chi connectivity index (χ0) is 22.3. The minimum atomic E-state index is -4.05. The Kier molecular flexibility index (Phi) is 7.65. The summed E-state index contributed by atoms with van der Waals surface area (Å²) in [6, 6.07) is 11.1. The van der Waals surface area contributed by atoms with E-state index in [1.54, 1.807) is 36.4 Å². The first-order valence-corrected chi connectivity index (χ1v) is 10.6. The molecule has 2 amide bonds. The van der Waals surface area contributed by atoms with Crippen molar-refractivity contribution in [3.8, 4) is 17.2 Å². The summed E-state index contributed by atoms with van der Waals surface area (Å²) in [5.41, 5.74) is 0.751. The van der Waals surface area contributed by atoms with Gasteiger partial charge in [-0.15, -0.1) is 0 Å². The van der Waals surface area contributed by atoms with Gasteiger partial charge in [0, 0.05) is 17.4 Å². The van der Waals surface area contributed by atoms with E-state index in [1.807, 2.05) is 0 Å². The third-order valence-corrected chi connectivity index (χ3v) is 6.22. The van der Waals surface area contributed by atoms with Crippen LogP contribution in [0.3, 0.4) is 0 Å². The van der Waals surface area contributed by atoms with Crippen LogP contribution in [0.5, 0.6) is 17.2 Å². The van der Waals surface area contributed by atoms with Gasteiger partial charge in [-0.3, -0.25) is 9.59 Å². The lowest BCUT2D eigenvalue weighted by atomic mass is 10.2. The zero-order valence-electron chi connectivity index (χ0n) is 17.1. The molecule has 30 heavy (non-hydrogen) atoms. The summed E-state index contributed by atoms with van der Waals surface area (Å²) in [5.74, 6) is -0.901. The maximum atomic E-state index is 12.5. The molecule has 10 heteroatoms. The van der Waals surface area contributed by atoms with Gasteiger partial charge in [-0.1, -0.05) is 0 Å². The summed E-state index contributed by atoms with van der Waals surface area (Å²) >= 11 is 0. The van der Waals surface area contributed by atoms with Crippen molar-refractivity contribution in [3.63, 3.8) is 0 Å². The average molecular weight is 436 g/mol. The first-order valence-electron chi connectivity index (χ1n) is 8.88. The molecular formula is C20H24N2O7S. The van der Waals surface area contributed by atoms with Crippen LogP contribution in [0.25, 0.3) is 0 Å². The number of rotatable bonds is 9. The van der Waals surface area contributed by atoms with Gasteiger partial charge in [0.05, 0.1) is 21.3 Å². The molecule has 0 radical (unpaired) electrons. The number of nitrogens with one attached hydrogen (secondary N) is 2. The van der Waals surface area contributed by atoms with E-state index >= 15 is 0 Å². The van der Waals surface area contributed by atoms with E-state index in [-0.39, 0.29) is 0 Å². The molecule has 0 saturated carbocycles. The second-order valence-corrected chi connectivity index (χ2v) is 8.61. The second kappa shape index (κ2) is 9.97. The van der Waals surface area contributed by atoms with Crippen molar-refractivity contribution in [3.05, 3.63) is 42.5 Å². The normalized spacial score (nSPS) is 11.9. The number of methoxy groups -OCH3 is 3. The molecule has 9 nitrogen and oxygen atoms in total. The third kappa shape index (κ3) is 5.86. The minimum absolute atomic E-state index is 0.336. The molecule has 2 rings (SSSR count). The van der Waals surface area contributed by atoms with Gasteiger partial charge in [0.25, 0.3) is 0 Å². The van der Waals surface area contributed by atoms with Crippen LogP contribution in [0, 0.1) is 0 Å². The maximum absolute atomic E-state index is 12.5. The van der Waals surface area contributed by atoms with E-state index in [2.05, 4.69) is 10.6 Å². The lowest BCUT2D eigenvalue weighted by Crippen LogP contribution is -2.37. The van der Waals surface area contributed by atoms with Crippen LogP contribution in [-0.2, 0) is 19.4 Å². The fourth-order valence-electron chi connectivity index (χ4n) is 2.50. The number of sulfone groups is 1. The molecule has 0 heterocycles. The van der Waals surface area contributed by atoms with Crippen LogP contribution in [0.15, 0.2) is 42.5 Å². The van der Waals surface area contributed by atoms with Gasteiger partial charge in [0.2, 0.25) is 11.8 Å². The molecule has 2 aromatic rings. The molecule has 0 aliphatic carbocycles. The summed E-state index contributed by atoms with van der Waals surface area (Å²) in [5, 5.41) is 3.56. The molecular weight excluding hydrogens is 412 g/mol. The van der Waals surface area contributed by atoms with Crippen molar-refractivity contribution >= 4 is 33.0 Å². The first kappa shape index (κ1) is 23.0. The number of carbonyl (C=O) groups excluding carboxylic acids is 2. The number of hydrogen-bond acceptors (Lipinski definition) is 7. The van der Waals surface area contributed by atoms with Gasteiger partial charge in [-0.2, -0.15) is 0 Å². The lowest BCUT2D eigenvalue weighted by Gasteiger charge is -2.15. The number of carbonyl (C=O) groups is 2. The largest absolute Gasteiger partial charge is 0.497 e. The highest BCUT2D eigenvalue weighted by Gasteiger charge is 2.30. The molecule has 1 atom stereocenters. The monoisotopic (exact) mass is 436 g/mol. The molecule has 0 bridgehead atoms. The Hall–Kier alpha value is -3.27. The molecule has 0 aromatic heterocycles. The third-order valence-electron chi connectivity index (χ3n) is 4.27. The lowest BCUT2D eigenvalue weighted by molar-refractivity contribution is -0.115. The van der Waals surface area contributed by atoms with E-state index in [0.29, 0.717) is 28.6 Å². The molecule has 0 aliphatic rings. The quantitative estimate of drug-likeness (QED) is 0.618. The number of amides is 2. The first-order chi connectivity index (χ1) is 14.2. The highest BCUT2D eigenvalue weighted by atomic mass is 32.2. The number of anilines is 2. The Labute approximate surface area is 175 Å². The summed E-state index contributed by atoms with van der Waals surface area (Å²) in [4.78, 5) is 24.6. The second-order valence-electron chi connectivity index (χ2n) is 6.29. The molecule has 0 spiro atoms. The molecule has 1 unspecified atom stereocenters. The fourth-order valence-corrected chi connectivity index (χ4v) is 3.57. The van der Waals surface area contributed by atoms with Crippen LogP contribution in [0.4, 0.5) is 11.4 Å². The number of benzene rings is 2. The Morgan fingerprint density at radius 2 is 1.47 bits per heavy atom. The SMILES string of the molecule is COc1ccc(NC(=O)CS(=O)(=O)C(C)C(=O)Nc2ccc(OC)c(OC)c2)cc1. The van der Waals surface area contributed by atoms with Crippen molar-refractivity contribution in [1.82, 2.24) is 0 Å². The average Bonchev–Trinajstić information content (AvgIpc) is 2.73. The summed E-state index contributed by atoms with van der Waals surface area (Å²) in [6.07, 6.45) is 0. The van der Waals surface area contributed by atoms with Crippen LogP contribution in [-0.4, -0.2) is 52.6 Å². The molecule has 0 fully saturated rings. The predicted octanol–water partition coefficient (Wildman–Crippen LogP) is 2.09. The van der Waals surface area contributed by atoms with Gasteiger partial charge in [-0.05, 0) is 43.3 Å². The van der Waals surface area contributed by atoms with E-state index in [4.69, 9.17) is 14.2 Å². The zero-order valence-corrected chi connectivity index (χ0v) is 17.9. The molecule has 2 N–H and O–H groups in total. The van der Waals surface area contributed by atoms with Gasteiger partial charge < -0.3 is 24.8 Å². The molecule has 2 aromatic carbocycles. The van der Waals surface area contributed by atoms with Crippen LogP contribution in [0.2, 0.25) is 0 Å². The van der Waals surface area contributed by atoms with Gasteiger partial charge in [-0.25, -0.2) is 8.42 Å². The Bertz CT molecular complexity index is 1000. The molecule has 0 aliphatic heterocycles. The van der Waals surface area contributed by atoms with E-state index in [1.165, 1.54) is 34.3 Å². The molecule has 0 saturated heterocycles. The van der Waals surface area contributed by atoms with Crippen LogP contribution >= 0.6 is 0 Å². The molecule has 162 valence electrons. The fraction of sp³-hybridized carbons (Fsp3) is 0.300. The smallest absolute Gasteiger partial charge is 0.242 e. The van der Waals surface area contributed by atoms with Gasteiger partial charge in [0.1, 0.15) is 16.8 Å². The Morgan fingerprint density at radius 1 is 0.867 bits per heavy atom. The highest BCUT2D eigenvalue weighted by molar-refractivity contribution is 7.93. The van der Waals surface area contributed by atoms with E-state index in [0.717, 1.165) is 0 Å². The van der Waals surface area contributed by atoms with Crippen molar-refractivity contribution in [2.24, 2.45) is 0 Å². The summed E-state index contributed by atoms with van der Waals surface area (Å²) in [6.45, 7) is 1.23. The topological polar surface area (TPSA) is 120 Å². The summed E-state index contributed by atoms with van der Waals surface area (Å²) in [7, 11) is 0.380. The summed E-state index contributed by atoms with van der Waals surface area (Å²) < 4.78 is 40.3. The van der Waals surface area contributed by atoms with Crippen molar-refractivity contribution in [1.29, 1.82) is 0 Å². The standard InChI is InChI=1S/C20H24N2O7S/c1-13(20(24)22-15-7-10-17(28-3)18(11-15)29-4)30(25,26)12-19(23)21-14-5-8-16(27-2)9-6-14/h5-11,13H,12H2,1-4H3,(H,21,23)(H,22,24). The minimum Gasteiger partial charge on any atom is -0.497 e. The van der Waals surface area contributed by atoms with E-state index in [9.17, 15) is 18.0 Å². The predicted molar refractivity (Wildman–Crippen MR) is 113 cm³/mol.